The molecule has 4 aliphatic rings. The summed E-state index contributed by atoms with van der Waals surface area (Å²) >= 11 is 1.39. The molecule has 138 valence electrons. The number of benzene rings is 1. The summed E-state index contributed by atoms with van der Waals surface area (Å²) in [6.07, 6.45) is 2.90. The lowest BCUT2D eigenvalue weighted by molar-refractivity contribution is 0.0619. The summed E-state index contributed by atoms with van der Waals surface area (Å²) < 4.78 is 5.54. The van der Waals surface area contributed by atoms with Gasteiger partial charge in [0.05, 0.1) is 16.5 Å². The number of β-amino-alcohol motifs (C(OH)–C–C–N with tert-alkyl or cyclic N) is 1. The van der Waals surface area contributed by atoms with Crippen LogP contribution in [0.3, 0.4) is 0 Å². The van der Waals surface area contributed by atoms with Crippen molar-refractivity contribution in [2.75, 3.05) is 37.6 Å². The summed E-state index contributed by atoms with van der Waals surface area (Å²) in [6.45, 7) is 4.80. The molecule has 1 aromatic heterocycles. The van der Waals surface area contributed by atoms with E-state index in [0.29, 0.717) is 18.2 Å². The molecular weight excluding hydrogens is 348 g/mol. The summed E-state index contributed by atoms with van der Waals surface area (Å²) in [4.78, 5) is 17.5. The van der Waals surface area contributed by atoms with E-state index in [1.165, 1.54) is 37.5 Å². The van der Waals surface area contributed by atoms with E-state index in [0.717, 1.165) is 35.3 Å². The van der Waals surface area contributed by atoms with Gasteiger partial charge in [-0.2, -0.15) is 4.37 Å². The Morgan fingerprint density at radius 1 is 1.19 bits per heavy atom. The zero-order valence-corrected chi connectivity index (χ0v) is 15.5. The van der Waals surface area contributed by atoms with E-state index in [2.05, 4.69) is 25.6 Å². The van der Waals surface area contributed by atoms with E-state index < -0.39 is 0 Å². The van der Waals surface area contributed by atoms with Gasteiger partial charge in [0.25, 0.3) is 5.91 Å². The van der Waals surface area contributed by atoms with Crippen molar-refractivity contribution in [1.29, 1.82) is 0 Å². The zero-order chi connectivity index (χ0) is 17.7. The molecule has 0 spiro atoms. The van der Waals surface area contributed by atoms with Crippen LogP contribution in [0.5, 0.6) is 0 Å². The highest BCUT2D eigenvalue weighted by molar-refractivity contribution is 7.14. The second-order valence-corrected chi connectivity index (χ2v) is 8.56. The van der Waals surface area contributed by atoms with Gasteiger partial charge in [-0.3, -0.25) is 4.79 Å². The van der Waals surface area contributed by atoms with Gasteiger partial charge in [-0.1, -0.05) is 12.1 Å². The Labute approximate surface area is 157 Å². The summed E-state index contributed by atoms with van der Waals surface area (Å²) in [5.74, 6) is 0.559. The average Bonchev–Trinajstić information content (AvgIpc) is 3.29. The molecule has 2 bridgehead atoms. The van der Waals surface area contributed by atoms with Crippen LogP contribution in [0.15, 0.2) is 18.2 Å². The molecule has 4 aliphatic heterocycles. The summed E-state index contributed by atoms with van der Waals surface area (Å²) in [6, 6.07) is 6.29. The van der Waals surface area contributed by atoms with Crippen molar-refractivity contribution in [3.8, 4) is 0 Å². The molecule has 2 N–H and O–H groups in total. The number of anilines is 1. The van der Waals surface area contributed by atoms with Crippen LogP contribution in [0, 0.1) is 5.92 Å². The largest absolute Gasteiger partial charge is 0.391 e. The molecule has 26 heavy (non-hydrogen) atoms. The fourth-order valence-corrected chi connectivity index (χ4v) is 5.60. The highest BCUT2D eigenvalue weighted by Crippen LogP contribution is 2.34. The minimum atomic E-state index is -0.266. The van der Waals surface area contributed by atoms with Crippen molar-refractivity contribution >= 4 is 33.2 Å². The van der Waals surface area contributed by atoms with Gasteiger partial charge in [-0.05, 0) is 55.9 Å². The number of piperidine rings is 3. The maximum absolute atomic E-state index is 12.9. The van der Waals surface area contributed by atoms with E-state index in [-0.39, 0.29) is 18.1 Å². The van der Waals surface area contributed by atoms with Crippen molar-refractivity contribution in [2.45, 2.75) is 31.4 Å². The molecule has 5 heterocycles. The molecule has 6 nitrogen and oxygen atoms in total. The molecule has 2 atom stereocenters. The minimum Gasteiger partial charge on any atom is -0.391 e. The van der Waals surface area contributed by atoms with Crippen LogP contribution in [0.1, 0.15) is 29.8 Å². The number of carbonyl (C=O) groups excluding carboxylic acids is 1. The third-order valence-electron chi connectivity index (χ3n) is 6.17. The number of rotatable bonds is 3. The van der Waals surface area contributed by atoms with Crippen LogP contribution < -0.4 is 10.2 Å². The Kier molecular flexibility index (Phi) is 4.10. The lowest BCUT2D eigenvalue weighted by Crippen LogP contribution is -2.57. The maximum atomic E-state index is 12.9. The van der Waals surface area contributed by atoms with Crippen LogP contribution in [-0.4, -0.2) is 65.2 Å². The number of aliphatic hydroxyl groups excluding tert-OH is 1. The molecule has 1 amide bonds. The average molecular weight is 372 g/mol. The first kappa shape index (κ1) is 16.5. The number of amides is 1. The van der Waals surface area contributed by atoms with Crippen LogP contribution in [0.25, 0.3) is 10.1 Å². The Morgan fingerprint density at radius 3 is 2.73 bits per heavy atom. The summed E-state index contributed by atoms with van der Waals surface area (Å²) in [5, 5.41) is 14.0. The Hall–Kier alpha value is -1.70. The molecule has 4 saturated heterocycles. The van der Waals surface area contributed by atoms with Gasteiger partial charge < -0.3 is 20.2 Å². The molecular formula is C19H24N4O2S. The number of nitrogens with zero attached hydrogens (tertiary/aromatic N) is 3. The highest BCUT2D eigenvalue weighted by Gasteiger charge is 2.35. The molecule has 7 heteroatoms. The van der Waals surface area contributed by atoms with Gasteiger partial charge in [-0.15, -0.1) is 0 Å². The molecule has 4 fully saturated rings. The van der Waals surface area contributed by atoms with Crippen LogP contribution in [0.2, 0.25) is 0 Å². The predicted molar refractivity (Wildman–Crippen MR) is 103 cm³/mol. The summed E-state index contributed by atoms with van der Waals surface area (Å²) in [7, 11) is 0. The lowest BCUT2D eigenvalue weighted by atomic mass is 9.84. The smallest absolute Gasteiger partial charge is 0.271 e. The van der Waals surface area contributed by atoms with E-state index in [9.17, 15) is 9.90 Å². The van der Waals surface area contributed by atoms with Crippen molar-refractivity contribution < 1.29 is 9.90 Å². The molecule has 0 unspecified atom stereocenters. The van der Waals surface area contributed by atoms with Gasteiger partial charge in [0.1, 0.15) is 5.69 Å². The van der Waals surface area contributed by atoms with Gasteiger partial charge >= 0.3 is 0 Å². The lowest BCUT2D eigenvalue weighted by Gasteiger charge is -2.44. The molecule has 0 aliphatic carbocycles. The van der Waals surface area contributed by atoms with Crippen molar-refractivity contribution in [2.24, 2.45) is 5.92 Å². The monoisotopic (exact) mass is 372 g/mol. The fraction of sp³-hybridized carbons (Fsp3) is 0.579. The number of nitrogens with one attached hydrogen (secondary N) is 1. The second kappa shape index (κ2) is 6.48. The molecule has 0 radical (unpaired) electrons. The van der Waals surface area contributed by atoms with Crippen molar-refractivity contribution in [1.82, 2.24) is 14.6 Å². The maximum Gasteiger partial charge on any atom is 0.271 e. The fourth-order valence-electron chi connectivity index (χ4n) is 4.69. The number of fused-ring (bicyclic) bond motifs is 4. The van der Waals surface area contributed by atoms with E-state index in [1.807, 2.05) is 12.1 Å². The Bertz CT molecular complexity index is 830. The summed E-state index contributed by atoms with van der Waals surface area (Å²) in [5.41, 5.74) is 1.63. The highest BCUT2D eigenvalue weighted by atomic mass is 32.1. The van der Waals surface area contributed by atoms with E-state index >= 15 is 0 Å². The van der Waals surface area contributed by atoms with Gasteiger partial charge in [0, 0.05) is 31.1 Å². The first-order valence-corrected chi connectivity index (χ1v) is 10.3. The normalized spacial score (nSPS) is 30.9. The number of hydrogen-bond acceptors (Lipinski definition) is 6. The Morgan fingerprint density at radius 2 is 2.04 bits per heavy atom. The second-order valence-electron chi connectivity index (χ2n) is 7.79. The van der Waals surface area contributed by atoms with Crippen molar-refractivity contribution in [3.05, 3.63) is 23.9 Å². The third kappa shape index (κ3) is 2.78. The topological polar surface area (TPSA) is 68.7 Å². The number of aromatic nitrogens is 1. The van der Waals surface area contributed by atoms with E-state index in [4.69, 9.17) is 0 Å². The minimum absolute atomic E-state index is 0.0476. The number of carbonyl (C=O) groups is 1. The van der Waals surface area contributed by atoms with Gasteiger partial charge in [-0.25, -0.2) is 0 Å². The predicted octanol–water partition coefficient (Wildman–Crippen LogP) is 1.69. The zero-order valence-electron chi connectivity index (χ0n) is 14.7. The van der Waals surface area contributed by atoms with Gasteiger partial charge in [0.15, 0.2) is 0 Å². The molecule has 6 rings (SSSR count). The quantitative estimate of drug-likeness (QED) is 0.858. The first-order valence-electron chi connectivity index (χ1n) is 9.53. The molecule has 1 aromatic carbocycles. The first-order chi connectivity index (χ1) is 12.7. The van der Waals surface area contributed by atoms with E-state index in [1.54, 1.807) is 0 Å². The number of aliphatic hydroxyl groups is 1. The van der Waals surface area contributed by atoms with Crippen molar-refractivity contribution in [3.63, 3.8) is 0 Å². The molecule has 0 saturated carbocycles. The number of hydrogen-bond donors (Lipinski definition) is 2. The van der Waals surface area contributed by atoms with Crippen LogP contribution in [-0.2, 0) is 0 Å². The van der Waals surface area contributed by atoms with Crippen LogP contribution in [0.4, 0.5) is 5.69 Å². The molecule has 2 aromatic rings. The SMILES string of the molecule is O=C(N[C@@H]1CN2CCC1CC2)c1nsc2c(N3CC[C@@H](O)C3)cccc12. The standard InChI is InChI=1S/C19H24N4O2S/c24-13-6-9-23(10-13)16-3-1-2-14-17(21-26-18(14)16)19(25)20-15-11-22-7-4-12(15)5-8-22/h1-3,12-13,15,24H,4-11H2,(H,20,25)/t13-,15-/m1/s1. The van der Waals surface area contributed by atoms with Gasteiger partial charge in [0.2, 0.25) is 0 Å². The van der Waals surface area contributed by atoms with Crippen LogP contribution >= 0.6 is 11.5 Å². The Balaban J connectivity index is 1.40. The third-order valence-corrected chi connectivity index (χ3v) is 7.05.